The van der Waals surface area contributed by atoms with Crippen LogP contribution in [0.2, 0.25) is 0 Å². The number of hydrogen-bond donors (Lipinski definition) is 2. The highest BCUT2D eigenvalue weighted by Gasteiger charge is 2.46. The molecule has 9 nitrogen and oxygen atoms in total. The lowest BCUT2D eigenvalue weighted by molar-refractivity contribution is -0.356. The minimum absolute atomic E-state index is 0.103. The van der Waals surface area contributed by atoms with Crippen molar-refractivity contribution in [2.45, 2.75) is 140 Å². The van der Waals surface area contributed by atoms with Crippen molar-refractivity contribution in [2.24, 2.45) is 5.92 Å². The molecule has 1 saturated heterocycles. The number of hydrogen-bond acceptors (Lipinski definition) is 9. The summed E-state index contributed by atoms with van der Waals surface area (Å²) in [7, 11) is 0. The lowest BCUT2D eigenvalue weighted by Crippen LogP contribution is -2.33. The van der Waals surface area contributed by atoms with E-state index in [-0.39, 0.29) is 43.5 Å². The summed E-state index contributed by atoms with van der Waals surface area (Å²) in [6, 6.07) is 0. The largest absolute Gasteiger partial charge is 0.456 e. The summed E-state index contributed by atoms with van der Waals surface area (Å²) < 4.78 is 23.9. The van der Waals surface area contributed by atoms with E-state index in [9.17, 15) is 15.0 Å². The molecular formula is C35H52O9. The normalized spacial score (nSPS) is 37.3. The van der Waals surface area contributed by atoms with Gasteiger partial charge in [0.2, 0.25) is 0 Å². The smallest absolute Gasteiger partial charge is 0.330 e. The van der Waals surface area contributed by atoms with Gasteiger partial charge in [0.15, 0.2) is 0 Å². The van der Waals surface area contributed by atoms with E-state index in [2.05, 4.69) is 19.6 Å². The van der Waals surface area contributed by atoms with E-state index in [1.807, 2.05) is 39.8 Å². The Bertz CT molecular complexity index is 1090. The third-order valence-corrected chi connectivity index (χ3v) is 8.06. The Balaban J connectivity index is 1.40. The zero-order chi connectivity index (χ0) is 31.9. The van der Waals surface area contributed by atoms with E-state index >= 15 is 0 Å². The molecule has 4 heterocycles. The van der Waals surface area contributed by atoms with Crippen LogP contribution in [0.4, 0.5) is 0 Å². The van der Waals surface area contributed by atoms with Gasteiger partial charge >= 0.3 is 5.97 Å². The Labute approximate surface area is 262 Å². The molecule has 4 aliphatic rings. The van der Waals surface area contributed by atoms with E-state index in [0.717, 1.165) is 30.4 Å². The second-order valence-electron chi connectivity index (χ2n) is 13.8. The van der Waals surface area contributed by atoms with Crippen molar-refractivity contribution in [1.82, 2.24) is 0 Å². The van der Waals surface area contributed by atoms with Gasteiger partial charge in [0.25, 0.3) is 0 Å². The first-order valence-corrected chi connectivity index (χ1v) is 16.0. The van der Waals surface area contributed by atoms with Crippen molar-refractivity contribution in [3.63, 3.8) is 0 Å². The number of carbonyl (C=O) groups excluding carboxylic acids is 1. The predicted molar refractivity (Wildman–Crippen MR) is 166 cm³/mol. The van der Waals surface area contributed by atoms with Gasteiger partial charge in [-0.15, -0.1) is 0 Å². The number of carbonyl (C=O) groups is 1. The number of fused-ring (bicyclic) bond motifs is 3. The number of rotatable bonds is 6. The van der Waals surface area contributed by atoms with Gasteiger partial charge in [-0.3, -0.25) is 0 Å². The molecule has 0 aromatic heterocycles. The van der Waals surface area contributed by atoms with Gasteiger partial charge in [-0.05, 0) is 72.1 Å². The molecule has 0 radical (unpaired) electrons. The second kappa shape index (κ2) is 15.9. The third kappa shape index (κ3) is 11.7. The zero-order valence-electron chi connectivity index (χ0n) is 26.9. The van der Waals surface area contributed by atoms with Crippen LogP contribution in [0.1, 0.15) is 79.6 Å². The molecule has 0 spiro atoms. The summed E-state index contributed by atoms with van der Waals surface area (Å²) in [5.41, 5.74) is 1.69. The van der Waals surface area contributed by atoms with Gasteiger partial charge in [0.05, 0.1) is 36.1 Å². The molecule has 4 aliphatic heterocycles. The van der Waals surface area contributed by atoms with Gasteiger partial charge in [0.1, 0.15) is 31.0 Å². The topological polar surface area (TPSA) is 116 Å². The summed E-state index contributed by atoms with van der Waals surface area (Å²) in [6.07, 6.45) is 13.2. The zero-order valence-corrected chi connectivity index (χ0v) is 26.9. The molecule has 246 valence electrons. The van der Waals surface area contributed by atoms with Crippen LogP contribution in [-0.2, 0) is 33.5 Å². The van der Waals surface area contributed by atoms with Crippen LogP contribution in [0.15, 0.2) is 60.3 Å². The molecule has 4 rings (SSSR count). The molecule has 0 saturated carbocycles. The summed E-state index contributed by atoms with van der Waals surface area (Å²) in [4.78, 5) is 23.6. The minimum atomic E-state index is -1.10. The van der Waals surface area contributed by atoms with E-state index < -0.39 is 36.0 Å². The maximum atomic E-state index is 12.8. The number of aliphatic hydroxyl groups is 2. The van der Waals surface area contributed by atoms with Gasteiger partial charge in [-0.25, -0.2) is 14.6 Å². The van der Waals surface area contributed by atoms with Gasteiger partial charge in [0, 0.05) is 12.5 Å². The summed E-state index contributed by atoms with van der Waals surface area (Å²) in [6.45, 7) is 14.4. The first-order valence-electron chi connectivity index (χ1n) is 16.0. The van der Waals surface area contributed by atoms with E-state index in [1.54, 1.807) is 18.2 Å². The predicted octanol–water partition coefficient (Wildman–Crippen LogP) is 5.22. The van der Waals surface area contributed by atoms with Crippen LogP contribution in [0.25, 0.3) is 0 Å². The molecule has 2 bridgehead atoms. The van der Waals surface area contributed by atoms with Crippen molar-refractivity contribution in [1.29, 1.82) is 0 Å². The average molecular weight is 617 g/mol. The molecule has 0 aromatic rings. The maximum Gasteiger partial charge on any atom is 0.330 e. The number of aliphatic hydroxyl groups excluding tert-OH is 2. The number of esters is 1. The van der Waals surface area contributed by atoms with Crippen LogP contribution in [0.5, 0.6) is 0 Å². The van der Waals surface area contributed by atoms with E-state index in [0.29, 0.717) is 25.2 Å². The van der Waals surface area contributed by atoms with Crippen LogP contribution < -0.4 is 0 Å². The summed E-state index contributed by atoms with van der Waals surface area (Å²) >= 11 is 0. The van der Waals surface area contributed by atoms with Crippen molar-refractivity contribution < 1.29 is 43.7 Å². The fourth-order valence-corrected chi connectivity index (χ4v) is 6.05. The maximum absolute atomic E-state index is 12.8. The molecule has 10 atom stereocenters. The van der Waals surface area contributed by atoms with Crippen molar-refractivity contribution in [2.75, 3.05) is 6.61 Å². The van der Waals surface area contributed by atoms with Crippen molar-refractivity contribution in [3.05, 3.63) is 60.3 Å². The Morgan fingerprint density at radius 3 is 2.68 bits per heavy atom. The Morgan fingerprint density at radius 2 is 1.91 bits per heavy atom. The molecule has 1 unspecified atom stereocenters. The minimum Gasteiger partial charge on any atom is -0.456 e. The average Bonchev–Trinajstić information content (AvgIpc) is 3.69. The quantitative estimate of drug-likeness (QED) is 0.136. The molecule has 9 heteroatoms. The van der Waals surface area contributed by atoms with Crippen molar-refractivity contribution >= 4 is 5.97 Å². The Kier molecular flexibility index (Phi) is 12.6. The molecular weight excluding hydrogens is 564 g/mol. The standard InChI is InChI=1S/C35H52O9/c1-22-15-23(2)19-30(37)34-32(43-34)20-31(42-33(38)12-8-10-25-9-7-11-26(16-22)40-25)29(36)14-13-27-17-24(3)18-28(41-27)21-39-44-35(4,5)6/h7-9,12-14,18,22,25-32,34,36-37H,2,10-11,15-17,19-21H2,1,3-6H3/b12-8-,14-13+/t22-,25-,26-,27+,28?,29-,30-,31-,32-,34-/m0/s1. The molecule has 1 fully saturated rings. The highest BCUT2D eigenvalue weighted by molar-refractivity contribution is 5.82. The first-order chi connectivity index (χ1) is 20.8. The fraction of sp³-hybridized carbons (Fsp3) is 0.686. The fourth-order valence-electron chi connectivity index (χ4n) is 6.05. The Hall–Kier alpha value is -2.11. The molecule has 0 amide bonds. The SMILES string of the molecule is C=C1C[C@H](C)C[C@@H]2CC=C[C@@H](C/C=C\C(=O)O[C@H]([C@@H](O)/C=C/[C@@H]3CC(C)=CC(COOC(C)(C)C)O3)C[C@@H]3O[C@H]3[C@@H](O)C1)O2. The summed E-state index contributed by atoms with van der Waals surface area (Å²) in [5, 5.41) is 22.0. The van der Waals surface area contributed by atoms with Gasteiger partial charge in [-0.1, -0.05) is 61.1 Å². The van der Waals surface area contributed by atoms with Gasteiger partial charge < -0.3 is 29.2 Å². The van der Waals surface area contributed by atoms with E-state index in [4.69, 9.17) is 28.7 Å². The van der Waals surface area contributed by atoms with Crippen LogP contribution in [0, 0.1) is 5.92 Å². The molecule has 44 heavy (non-hydrogen) atoms. The second-order valence-corrected chi connectivity index (χ2v) is 13.8. The highest BCUT2D eigenvalue weighted by Crippen LogP contribution is 2.35. The van der Waals surface area contributed by atoms with Crippen LogP contribution >= 0.6 is 0 Å². The summed E-state index contributed by atoms with van der Waals surface area (Å²) in [5.74, 6) is -0.186. The van der Waals surface area contributed by atoms with Crippen LogP contribution in [0.3, 0.4) is 0 Å². The number of cyclic esters (lactones) is 1. The van der Waals surface area contributed by atoms with Gasteiger partial charge in [-0.2, -0.15) is 0 Å². The molecule has 2 N–H and O–H groups in total. The van der Waals surface area contributed by atoms with Crippen LogP contribution in [-0.4, -0.2) is 83.3 Å². The monoisotopic (exact) mass is 616 g/mol. The Morgan fingerprint density at radius 1 is 1.11 bits per heavy atom. The lowest BCUT2D eigenvalue weighted by atomic mass is 9.91. The number of ether oxygens (including phenoxy) is 4. The van der Waals surface area contributed by atoms with E-state index in [1.165, 1.54) is 6.08 Å². The highest BCUT2D eigenvalue weighted by atomic mass is 17.2. The lowest BCUT2D eigenvalue weighted by Gasteiger charge is -2.28. The first kappa shape index (κ1) is 34.8. The number of epoxide rings is 1. The molecule has 0 aliphatic carbocycles. The van der Waals surface area contributed by atoms with Crippen molar-refractivity contribution in [3.8, 4) is 0 Å². The third-order valence-electron chi connectivity index (χ3n) is 8.06. The molecule has 0 aromatic carbocycles.